The van der Waals surface area contributed by atoms with Gasteiger partial charge in [0.15, 0.2) is 0 Å². The molecule has 0 aliphatic carbocycles. The first-order chi connectivity index (χ1) is 20.8. The van der Waals surface area contributed by atoms with Gasteiger partial charge in [-0.2, -0.15) is 0 Å². The summed E-state index contributed by atoms with van der Waals surface area (Å²) in [5.41, 5.74) is 3.30. The highest BCUT2D eigenvalue weighted by atomic mass is 32.2. The molecule has 1 atom stereocenters. The summed E-state index contributed by atoms with van der Waals surface area (Å²) in [7, 11) is -0.807. The van der Waals surface area contributed by atoms with Crippen LogP contribution in [0.15, 0.2) is 102 Å². The van der Waals surface area contributed by atoms with Crippen molar-refractivity contribution in [1.82, 2.24) is 4.72 Å². The molecule has 0 bridgehead atoms. The Morgan fingerprint density at radius 3 is 2.12 bits per heavy atom. The van der Waals surface area contributed by atoms with Crippen molar-refractivity contribution in [3.63, 3.8) is 0 Å². The molecule has 0 aromatic heterocycles. The second-order valence-electron chi connectivity index (χ2n) is 10.3. The molecule has 1 aliphatic rings. The van der Waals surface area contributed by atoms with Crippen LogP contribution in [0.25, 0.3) is 0 Å². The lowest BCUT2D eigenvalue weighted by atomic mass is 10.1. The average Bonchev–Trinajstić information content (AvgIpc) is 3.05. The Kier molecular flexibility index (Phi) is 9.18. The zero-order valence-corrected chi connectivity index (χ0v) is 25.3. The fraction of sp³-hybridized carbons (Fsp3) is 0.242. The average molecular weight is 601 g/mol. The number of ether oxygens (including phenoxy) is 2. The molecule has 9 nitrogen and oxygen atoms in total. The van der Waals surface area contributed by atoms with Gasteiger partial charge in [-0.1, -0.05) is 36.4 Å². The third-order valence-corrected chi connectivity index (χ3v) is 9.10. The van der Waals surface area contributed by atoms with Gasteiger partial charge in [0.25, 0.3) is 5.91 Å². The molecular formula is C33H36N4O5S. The number of methoxy groups -OCH3 is 2. The van der Waals surface area contributed by atoms with Crippen molar-refractivity contribution in [3.05, 3.63) is 108 Å². The smallest absolute Gasteiger partial charge is 0.255 e. The molecule has 4 aromatic rings. The molecule has 1 heterocycles. The molecule has 1 fully saturated rings. The number of anilines is 3. The highest BCUT2D eigenvalue weighted by molar-refractivity contribution is 7.89. The van der Waals surface area contributed by atoms with Crippen molar-refractivity contribution in [3.8, 4) is 11.5 Å². The molecule has 43 heavy (non-hydrogen) atoms. The van der Waals surface area contributed by atoms with Crippen molar-refractivity contribution in [1.29, 1.82) is 0 Å². The molecule has 5 rings (SSSR count). The van der Waals surface area contributed by atoms with E-state index in [-0.39, 0.29) is 10.8 Å². The number of nitrogens with one attached hydrogen (secondary N) is 2. The monoisotopic (exact) mass is 600 g/mol. The minimum Gasteiger partial charge on any atom is -0.497 e. The van der Waals surface area contributed by atoms with E-state index in [2.05, 4.69) is 19.8 Å². The van der Waals surface area contributed by atoms with Crippen molar-refractivity contribution in [2.24, 2.45) is 0 Å². The molecule has 0 unspecified atom stereocenters. The highest BCUT2D eigenvalue weighted by Crippen LogP contribution is 2.32. The van der Waals surface area contributed by atoms with Crippen LogP contribution in [0.5, 0.6) is 11.5 Å². The van der Waals surface area contributed by atoms with Gasteiger partial charge in [0.05, 0.1) is 19.9 Å². The van der Waals surface area contributed by atoms with Gasteiger partial charge in [0.2, 0.25) is 10.0 Å². The third kappa shape index (κ3) is 7.10. The van der Waals surface area contributed by atoms with Crippen LogP contribution in [0.1, 0.15) is 28.9 Å². The van der Waals surface area contributed by atoms with Gasteiger partial charge in [-0.3, -0.25) is 4.79 Å². The van der Waals surface area contributed by atoms with E-state index in [1.165, 1.54) is 13.2 Å². The Balaban J connectivity index is 1.41. The van der Waals surface area contributed by atoms with Gasteiger partial charge < -0.3 is 24.6 Å². The maximum atomic E-state index is 13.9. The molecule has 224 valence electrons. The van der Waals surface area contributed by atoms with Crippen molar-refractivity contribution in [2.45, 2.75) is 17.9 Å². The number of carbonyl (C=O) groups is 1. The molecule has 2 N–H and O–H groups in total. The van der Waals surface area contributed by atoms with Crippen LogP contribution in [0.4, 0.5) is 17.1 Å². The molecule has 4 aromatic carbocycles. The zero-order chi connectivity index (χ0) is 30.4. The predicted molar refractivity (Wildman–Crippen MR) is 170 cm³/mol. The van der Waals surface area contributed by atoms with Crippen LogP contribution < -0.4 is 29.3 Å². The van der Waals surface area contributed by atoms with Gasteiger partial charge in [0.1, 0.15) is 16.4 Å². The van der Waals surface area contributed by atoms with E-state index < -0.39 is 16.1 Å². The Morgan fingerprint density at radius 1 is 0.767 bits per heavy atom. The van der Waals surface area contributed by atoms with Gasteiger partial charge in [0, 0.05) is 49.2 Å². The van der Waals surface area contributed by atoms with Crippen LogP contribution in [-0.4, -0.2) is 54.7 Å². The first-order valence-electron chi connectivity index (χ1n) is 14.1. The lowest BCUT2D eigenvalue weighted by molar-refractivity contribution is 0.102. The van der Waals surface area contributed by atoms with E-state index in [1.807, 2.05) is 61.5 Å². The molecular weight excluding hydrogens is 564 g/mol. The van der Waals surface area contributed by atoms with E-state index in [0.29, 0.717) is 48.9 Å². The van der Waals surface area contributed by atoms with Gasteiger partial charge in [-0.25, -0.2) is 13.1 Å². The minimum atomic E-state index is -3.99. The maximum absolute atomic E-state index is 13.9. The molecule has 0 saturated carbocycles. The second-order valence-corrected chi connectivity index (χ2v) is 12.0. The topological polar surface area (TPSA) is 100 Å². The Morgan fingerprint density at radius 2 is 1.44 bits per heavy atom. The highest BCUT2D eigenvalue weighted by Gasteiger charge is 2.27. The molecule has 1 aliphatic heterocycles. The van der Waals surface area contributed by atoms with Crippen molar-refractivity contribution in [2.75, 3.05) is 55.5 Å². The number of nitrogens with zero attached hydrogens (tertiary/aromatic N) is 2. The van der Waals surface area contributed by atoms with Crippen molar-refractivity contribution >= 4 is 33.0 Å². The number of hydrogen-bond donors (Lipinski definition) is 2. The standard InChI is InChI=1S/C33H36N4O5S/c1-24(25-8-5-4-6-9-25)35-43(39,40)32-23-27(34-33(38)26-10-7-11-30(22-26)42-3)12-17-31(32)37-20-18-36(19-21-37)28-13-15-29(41-2)16-14-28/h4-17,22-24,35H,18-21H2,1-3H3,(H,34,38)/t24-/m0/s1. The normalized spacial score (nSPS) is 14.2. The summed E-state index contributed by atoms with van der Waals surface area (Å²) in [4.78, 5) is 17.5. The molecule has 0 spiro atoms. The second kappa shape index (κ2) is 13.2. The third-order valence-electron chi connectivity index (χ3n) is 7.53. The number of piperazine rings is 1. The van der Waals surface area contributed by atoms with Gasteiger partial charge in [-0.05, 0) is 73.2 Å². The SMILES string of the molecule is COc1ccc(N2CCN(c3ccc(NC(=O)c4cccc(OC)c4)cc3S(=O)(=O)N[C@@H](C)c3ccccc3)CC2)cc1. The van der Waals surface area contributed by atoms with Gasteiger partial charge >= 0.3 is 0 Å². The molecule has 1 amide bonds. The summed E-state index contributed by atoms with van der Waals surface area (Å²) in [5, 5.41) is 2.85. The summed E-state index contributed by atoms with van der Waals surface area (Å²) in [6.07, 6.45) is 0. The quantitative estimate of drug-likeness (QED) is 0.254. The van der Waals surface area contributed by atoms with Gasteiger partial charge in [-0.15, -0.1) is 0 Å². The fourth-order valence-electron chi connectivity index (χ4n) is 5.14. The largest absolute Gasteiger partial charge is 0.497 e. The number of amides is 1. The fourth-order valence-corrected chi connectivity index (χ4v) is 6.62. The summed E-state index contributed by atoms with van der Waals surface area (Å²) in [6.45, 7) is 4.49. The van der Waals surface area contributed by atoms with E-state index in [4.69, 9.17) is 9.47 Å². The zero-order valence-electron chi connectivity index (χ0n) is 24.5. The Hall–Kier alpha value is -4.54. The summed E-state index contributed by atoms with van der Waals surface area (Å²) in [6, 6.07) is 28.7. The molecule has 10 heteroatoms. The number of benzene rings is 4. The minimum absolute atomic E-state index is 0.108. The van der Waals surface area contributed by atoms with E-state index in [9.17, 15) is 13.2 Å². The summed E-state index contributed by atoms with van der Waals surface area (Å²) >= 11 is 0. The lowest BCUT2D eigenvalue weighted by Gasteiger charge is -2.38. The number of sulfonamides is 1. The van der Waals surface area contributed by atoms with E-state index >= 15 is 0 Å². The first-order valence-corrected chi connectivity index (χ1v) is 15.6. The van der Waals surface area contributed by atoms with Crippen molar-refractivity contribution < 1.29 is 22.7 Å². The number of hydrogen-bond acceptors (Lipinski definition) is 7. The van der Waals surface area contributed by atoms with Crippen LogP contribution in [-0.2, 0) is 10.0 Å². The Labute approximate surface area is 253 Å². The first kappa shape index (κ1) is 29.9. The predicted octanol–water partition coefficient (Wildman–Crippen LogP) is 5.32. The molecule has 1 saturated heterocycles. The van der Waals surface area contributed by atoms with Crippen LogP contribution >= 0.6 is 0 Å². The van der Waals surface area contributed by atoms with Crippen LogP contribution in [0.3, 0.4) is 0 Å². The number of rotatable bonds is 10. The number of carbonyl (C=O) groups excluding carboxylic acids is 1. The van der Waals surface area contributed by atoms with Crippen LogP contribution in [0, 0.1) is 0 Å². The van der Waals surface area contributed by atoms with Crippen LogP contribution in [0.2, 0.25) is 0 Å². The summed E-state index contributed by atoms with van der Waals surface area (Å²) < 4.78 is 41.2. The Bertz CT molecular complexity index is 1650. The lowest BCUT2D eigenvalue weighted by Crippen LogP contribution is -2.47. The van der Waals surface area contributed by atoms with E-state index in [0.717, 1.165) is 17.0 Å². The molecule has 0 radical (unpaired) electrons. The maximum Gasteiger partial charge on any atom is 0.255 e. The summed E-state index contributed by atoms with van der Waals surface area (Å²) in [5.74, 6) is 0.987. The van der Waals surface area contributed by atoms with E-state index in [1.54, 1.807) is 43.5 Å².